The first kappa shape index (κ1) is 14.3. The maximum atomic E-state index is 11.3. The molecule has 0 atom stereocenters. The molecule has 1 aromatic heterocycles. The summed E-state index contributed by atoms with van der Waals surface area (Å²) in [5, 5.41) is 24.3. The number of rotatable bonds is 7. The fraction of sp³-hybridized carbons (Fsp3) is 0.667. The Balaban J connectivity index is 2.39. The monoisotopic (exact) mass is 282 g/mol. The van der Waals surface area contributed by atoms with Crippen LogP contribution in [0.4, 0.5) is 11.5 Å². The standard InChI is InChI=1S/C12H18N4O4/c1-3-9-11(16(19)20)12(14(2)13-9)15(8-4-5-8)7-6-10(17)18/h8H,3-7H2,1-2H3,(H,17,18). The molecule has 0 aromatic carbocycles. The number of aryl methyl sites for hydroxylation is 2. The molecule has 1 saturated carbocycles. The number of anilines is 1. The molecule has 1 heterocycles. The van der Waals surface area contributed by atoms with E-state index in [1.807, 2.05) is 11.8 Å². The van der Waals surface area contributed by atoms with E-state index in [4.69, 9.17) is 5.11 Å². The zero-order valence-electron chi connectivity index (χ0n) is 11.6. The van der Waals surface area contributed by atoms with Gasteiger partial charge in [0.1, 0.15) is 5.69 Å². The molecule has 1 fully saturated rings. The smallest absolute Gasteiger partial charge is 0.334 e. The highest BCUT2D eigenvalue weighted by molar-refractivity contribution is 5.69. The van der Waals surface area contributed by atoms with Crippen LogP contribution in [-0.2, 0) is 18.3 Å². The van der Waals surface area contributed by atoms with Crippen molar-refractivity contribution in [1.82, 2.24) is 9.78 Å². The van der Waals surface area contributed by atoms with E-state index in [1.54, 1.807) is 7.05 Å². The maximum absolute atomic E-state index is 11.3. The van der Waals surface area contributed by atoms with Crippen LogP contribution >= 0.6 is 0 Å². The second kappa shape index (κ2) is 5.48. The summed E-state index contributed by atoms with van der Waals surface area (Å²) < 4.78 is 1.50. The minimum Gasteiger partial charge on any atom is -0.481 e. The van der Waals surface area contributed by atoms with E-state index in [2.05, 4.69) is 5.10 Å². The van der Waals surface area contributed by atoms with E-state index in [0.29, 0.717) is 17.9 Å². The first-order valence-electron chi connectivity index (χ1n) is 6.64. The van der Waals surface area contributed by atoms with Crippen molar-refractivity contribution in [3.63, 3.8) is 0 Å². The van der Waals surface area contributed by atoms with Crippen molar-refractivity contribution in [3.8, 4) is 0 Å². The molecule has 0 spiro atoms. The van der Waals surface area contributed by atoms with Crippen LogP contribution in [0.5, 0.6) is 0 Å². The number of carbonyl (C=O) groups is 1. The summed E-state index contributed by atoms with van der Waals surface area (Å²) in [6.45, 7) is 2.08. The summed E-state index contributed by atoms with van der Waals surface area (Å²) in [4.78, 5) is 23.5. The molecule has 8 nitrogen and oxygen atoms in total. The number of nitro groups is 1. The number of hydrogen-bond acceptors (Lipinski definition) is 5. The van der Waals surface area contributed by atoms with Crippen LogP contribution in [0.25, 0.3) is 0 Å². The van der Waals surface area contributed by atoms with Crippen LogP contribution < -0.4 is 4.90 Å². The van der Waals surface area contributed by atoms with Gasteiger partial charge in [-0.1, -0.05) is 6.92 Å². The van der Waals surface area contributed by atoms with Crippen molar-refractivity contribution in [2.24, 2.45) is 7.05 Å². The summed E-state index contributed by atoms with van der Waals surface area (Å²) in [6, 6.07) is 0.188. The van der Waals surface area contributed by atoms with Gasteiger partial charge in [-0.05, 0) is 19.3 Å². The molecule has 1 aliphatic carbocycles. The topological polar surface area (TPSA) is 102 Å². The fourth-order valence-corrected chi connectivity index (χ4v) is 2.37. The highest BCUT2D eigenvalue weighted by Gasteiger charge is 2.37. The third kappa shape index (κ3) is 2.73. The van der Waals surface area contributed by atoms with Crippen LogP contribution in [0, 0.1) is 10.1 Å². The lowest BCUT2D eigenvalue weighted by atomic mass is 10.2. The van der Waals surface area contributed by atoms with E-state index < -0.39 is 10.9 Å². The summed E-state index contributed by atoms with van der Waals surface area (Å²) >= 11 is 0. The van der Waals surface area contributed by atoms with E-state index in [1.165, 1.54) is 4.68 Å². The van der Waals surface area contributed by atoms with Gasteiger partial charge < -0.3 is 10.0 Å². The van der Waals surface area contributed by atoms with Gasteiger partial charge in [-0.25, -0.2) is 4.68 Å². The Morgan fingerprint density at radius 2 is 2.25 bits per heavy atom. The Hall–Kier alpha value is -2.12. The number of carboxylic acid groups (broad SMARTS) is 1. The quantitative estimate of drug-likeness (QED) is 0.598. The van der Waals surface area contributed by atoms with Crippen molar-refractivity contribution < 1.29 is 14.8 Å². The van der Waals surface area contributed by atoms with Crippen molar-refractivity contribution in [2.45, 2.75) is 38.6 Å². The molecule has 8 heteroatoms. The van der Waals surface area contributed by atoms with Crippen LogP contribution in [0.1, 0.15) is 31.9 Å². The lowest BCUT2D eigenvalue weighted by Crippen LogP contribution is -2.30. The summed E-state index contributed by atoms with van der Waals surface area (Å²) in [7, 11) is 1.66. The Labute approximate surface area is 116 Å². The third-order valence-electron chi connectivity index (χ3n) is 3.41. The molecular formula is C12H18N4O4. The molecule has 0 bridgehead atoms. The molecule has 0 radical (unpaired) electrons. The van der Waals surface area contributed by atoms with E-state index in [-0.39, 0.29) is 24.7 Å². The Morgan fingerprint density at radius 1 is 1.60 bits per heavy atom. The number of aliphatic carboxylic acids is 1. The fourth-order valence-electron chi connectivity index (χ4n) is 2.37. The molecule has 0 amide bonds. The molecular weight excluding hydrogens is 264 g/mol. The predicted octanol–water partition coefficient (Wildman–Crippen LogP) is 1.33. The van der Waals surface area contributed by atoms with Crippen LogP contribution in [-0.4, -0.2) is 38.4 Å². The highest BCUT2D eigenvalue weighted by atomic mass is 16.6. The lowest BCUT2D eigenvalue weighted by molar-refractivity contribution is -0.384. The SMILES string of the molecule is CCc1nn(C)c(N(CCC(=O)O)C2CC2)c1[N+](=O)[O-]. The zero-order valence-corrected chi connectivity index (χ0v) is 11.6. The summed E-state index contributed by atoms with van der Waals surface area (Å²) in [5.41, 5.74) is 0.445. The minimum atomic E-state index is -0.906. The molecule has 2 rings (SSSR count). The van der Waals surface area contributed by atoms with Crippen LogP contribution in [0.2, 0.25) is 0 Å². The third-order valence-corrected chi connectivity index (χ3v) is 3.41. The van der Waals surface area contributed by atoms with Crippen molar-refractivity contribution in [2.75, 3.05) is 11.4 Å². The van der Waals surface area contributed by atoms with Gasteiger partial charge in [0.05, 0.1) is 11.3 Å². The largest absolute Gasteiger partial charge is 0.481 e. The van der Waals surface area contributed by atoms with Gasteiger partial charge in [-0.2, -0.15) is 5.10 Å². The molecule has 1 aromatic rings. The normalized spacial score (nSPS) is 14.3. The average Bonchev–Trinajstić information content (AvgIpc) is 3.14. The van der Waals surface area contributed by atoms with Crippen molar-refractivity contribution >= 4 is 17.5 Å². The maximum Gasteiger partial charge on any atom is 0.334 e. The molecule has 110 valence electrons. The second-order valence-electron chi connectivity index (χ2n) is 4.92. The number of hydrogen-bond donors (Lipinski definition) is 1. The van der Waals surface area contributed by atoms with Gasteiger partial charge in [0.2, 0.25) is 5.82 Å². The molecule has 0 saturated heterocycles. The number of carboxylic acids is 1. The second-order valence-corrected chi connectivity index (χ2v) is 4.92. The van der Waals surface area contributed by atoms with Crippen LogP contribution in [0.3, 0.4) is 0 Å². The van der Waals surface area contributed by atoms with Gasteiger partial charge in [0.15, 0.2) is 0 Å². The van der Waals surface area contributed by atoms with Crippen molar-refractivity contribution in [1.29, 1.82) is 0 Å². The minimum absolute atomic E-state index is 0.00675. The van der Waals surface area contributed by atoms with Gasteiger partial charge >= 0.3 is 11.7 Å². The molecule has 1 N–H and O–H groups in total. The Morgan fingerprint density at radius 3 is 2.70 bits per heavy atom. The first-order valence-corrected chi connectivity index (χ1v) is 6.64. The molecule has 1 aliphatic rings. The van der Waals surface area contributed by atoms with Gasteiger partial charge in [0, 0.05) is 19.6 Å². The molecule has 0 unspecified atom stereocenters. The van der Waals surface area contributed by atoms with Gasteiger partial charge in [-0.15, -0.1) is 0 Å². The number of aromatic nitrogens is 2. The van der Waals surface area contributed by atoms with E-state index >= 15 is 0 Å². The number of nitrogens with zero attached hydrogens (tertiary/aromatic N) is 4. The van der Waals surface area contributed by atoms with Crippen LogP contribution in [0.15, 0.2) is 0 Å². The predicted molar refractivity (Wildman–Crippen MR) is 71.9 cm³/mol. The van der Waals surface area contributed by atoms with E-state index in [0.717, 1.165) is 12.8 Å². The Kier molecular flexibility index (Phi) is 3.91. The average molecular weight is 282 g/mol. The highest BCUT2D eigenvalue weighted by Crippen LogP contribution is 2.38. The van der Waals surface area contributed by atoms with Gasteiger partial charge in [0.25, 0.3) is 0 Å². The summed E-state index contributed by atoms with van der Waals surface area (Å²) in [6.07, 6.45) is 2.30. The zero-order chi connectivity index (χ0) is 14.9. The Bertz CT molecular complexity index is 536. The van der Waals surface area contributed by atoms with Gasteiger partial charge in [-0.3, -0.25) is 14.9 Å². The van der Waals surface area contributed by atoms with E-state index in [9.17, 15) is 14.9 Å². The lowest BCUT2D eigenvalue weighted by Gasteiger charge is -2.22. The summed E-state index contributed by atoms with van der Waals surface area (Å²) in [5.74, 6) is -0.480. The first-order chi connectivity index (χ1) is 9.45. The molecule has 20 heavy (non-hydrogen) atoms. The molecule has 0 aliphatic heterocycles. The van der Waals surface area contributed by atoms with Crippen molar-refractivity contribution in [3.05, 3.63) is 15.8 Å².